The van der Waals surface area contributed by atoms with Crippen molar-refractivity contribution in [2.45, 2.75) is 26.9 Å². The largest absolute Gasteiger partial charge is 0.383 e. The van der Waals surface area contributed by atoms with E-state index in [1.54, 1.807) is 11.3 Å². The summed E-state index contributed by atoms with van der Waals surface area (Å²) in [5, 5.41) is 10.4. The summed E-state index contributed by atoms with van der Waals surface area (Å²) >= 11 is 5.01. The molecule has 1 aromatic heterocycles. The van der Waals surface area contributed by atoms with Crippen molar-refractivity contribution in [3.05, 3.63) is 55.2 Å². The first-order valence-corrected chi connectivity index (χ1v) is 7.11. The summed E-state index contributed by atoms with van der Waals surface area (Å²) in [6, 6.07) is 8.18. The normalized spacial score (nSPS) is 12.8. The molecule has 1 unspecified atom stereocenters. The third-order valence-corrected chi connectivity index (χ3v) is 4.55. The highest BCUT2D eigenvalue weighted by molar-refractivity contribution is 9.11. The second kappa shape index (κ2) is 4.92. The summed E-state index contributed by atoms with van der Waals surface area (Å²) in [6.07, 6.45) is -0.521. The molecular formula is C14H15BrOS. The van der Waals surface area contributed by atoms with E-state index in [0.717, 1.165) is 25.4 Å². The molecule has 0 aliphatic heterocycles. The van der Waals surface area contributed by atoms with Crippen molar-refractivity contribution < 1.29 is 5.11 Å². The van der Waals surface area contributed by atoms with Gasteiger partial charge in [-0.1, -0.05) is 17.7 Å². The third kappa shape index (κ3) is 2.62. The highest BCUT2D eigenvalue weighted by atomic mass is 79.9. The number of benzene rings is 1. The van der Waals surface area contributed by atoms with Gasteiger partial charge in [-0.3, -0.25) is 0 Å². The van der Waals surface area contributed by atoms with Crippen molar-refractivity contribution in [2.75, 3.05) is 0 Å². The zero-order chi connectivity index (χ0) is 12.6. The van der Waals surface area contributed by atoms with Gasteiger partial charge in [-0.25, -0.2) is 0 Å². The molecule has 0 aliphatic rings. The Labute approximate surface area is 114 Å². The van der Waals surface area contributed by atoms with E-state index in [0.29, 0.717) is 0 Å². The first-order chi connectivity index (χ1) is 7.99. The van der Waals surface area contributed by atoms with Gasteiger partial charge in [0.25, 0.3) is 0 Å². The molecule has 0 radical (unpaired) electrons. The quantitative estimate of drug-likeness (QED) is 0.864. The summed E-state index contributed by atoms with van der Waals surface area (Å²) in [5.74, 6) is 0. The number of aliphatic hydroxyl groups excluding tert-OH is 1. The van der Waals surface area contributed by atoms with Gasteiger partial charge in [0, 0.05) is 4.88 Å². The summed E-state index contributed by atoms with van der Waals surface area (Å²) in [6.45, 7) is 6.19. The summed E-state index contributed by atoms with van der Waals surface area (Å²) < 4.78 is 1.05. The zero-order valence-electron chi connectivity index (χ0n) is 10.1. The lowest BCUT2D eigenvalue weighted by atomic mass is 9.95. The third-order valence-electron chi connectivity index (χ3n) is 2.87. The molecule has 0 saturated carbocycles. The molecule has 0 fully saturated rings. The lowest BCUT2D eigenvalue weighted by molar-refractivity contribution is 0.222. The number of hydrogen-bond acceptors (Lipinski definition) is 2. The van der Waals surface area contributed by atoms with Crippen LogP contribution in [0, 0.1) is 20.8 Å². The van der Waals surface area contributed by atoms with Crippen molar-refractivity contribution in [2.24, 2.45) is 0 Å². The van der Waals surface area contributed by atoms with Crippen LogP contribution in [0.3, 0.4) is 0 Å². The van der Waals surface area contributed by atoms with E-state index in [4.69, 9.17) is 0 Å². The zero-order valence-corrected chi connectivity index (χ0v) is 12.5. The minimum absolute atomic E-state index is 0.521. The van der Waals surface area contributed by atoms with Crippen LogP contribution >= 0.6 is 27.3 Å². The van der Waals surface area contributed by atoms with Crippen molar-refractivity contribution in [3.63, 3.8) is 0 Å². The smallest absolute Gasteiger partial charge is 0.114 e. The first-order valence-electron chi connectivity index (χ1n) is 5.50. The van der Waals surface area contributed by atoms with Crippen LogP contribution in [0.1, 0.15) is 33.2 Å². The van der Waals surface area contributed by atoms with Gasteiger partial charge in [0.2, 0.25) is 0 Å². The Kier molecular flexibility index (Phi) is 3.71. The van der Waals surface area contributed by atoms with E-state index in [2.05, 4.69) is 48.8 Å². The van der Waals surface area contributed by atoms with Crippen molar-refractivity contribution in [1.29, 1.82) is 0 Å². The molecule has 1 N–H and O–H groups in total. The first kappa shape index (κ1) is 12.8. The average molecular weight is 311 g/mol. The van der Waals surface area contributed by atoms with Gasteiger partial charge in [0.1, 0.15) is 6.10 Å². The maximum atomic E-state index is 10.4. The van der Waals surface area contributed by atoms with Crippen LogP contribution < -0.4 is 0 Å². The fourth-order valence-electron chi connectivity index (χ4n) is 2.24. The number of aryl methyl sites for hydroxylation is 3. The molecule has 90 valence electrons. The van der Waals surface area contributed by atoms with Crippen LogP contribution in [0.5, 0.6) is 0 Å². The summed E-state index contributed by atoms with van der Waals surface area (Å²) in [4.78, 5) is 0.979. The Morgan fingerprint density at radius 3 is 2.18 bits per heavy atom. The topological polar surface area (TPSA) is 20.2 Å². The fourth-order valence-corrected chi connectivity index (χ4v) is 3.66. The highest BCUT2D eigenvalue weighted by Gasteiger charge is 2.17. The molecule has 0 saturated heterocycles. The Morgan fingerprint density at radius 2 is 1.71 bits per heavy atom. The van der Waals surface area contributed by atoms with Gasteiger partial charge in [0.05, 0.1) is 3.79 Å². The molecule has 0 spiro atoms. The highest BCUT2D eigenvalue weighted by Crippen LogP contribution is 2.34. The molecule has 17 heavy (non-hydrogen) atoms. The van der Waals surface area contributed by atoms with Crippen LogP contribution in [-0.4, -0.2) is 5.11 Å². The van der Waals surface area contributed by atoms with Crippen LogP contribution in [-0.2, 0) is 0 Å². The van der Waals surface area contributed by atoms with E-state index < -0.39 is 6.10 Å². The number of thiophene rings is 1. The van der Waals surface area contributed by atoms with E-state index in [9.17, 15) is 5.11 Å². The predicted octanol–water partition coefficient (Wildman–Crippen LogP) is 4.52. The van der Waals surface area contributed by atoms with E-state index in [-0.39, 0.29) is 0 Å². The van der Waals surface area contributed by atoms with Crippen LogP contribution in [0.25, 0.3) is 0 Å². The molecule has 0 amide bonds. The maximum Gasteiger partial charge on any atom is 0.114 e. The molecule has 2 aromatic rings. The molecule has 0 bridgehead atoms. The molecule has 0 aliphatic carbocycles. The van der Waals surface area contributed by atoms with E-state index >= 15 is 0 Å². The fraction of sp³-hybridized carbons (Fsp3) is 0.286. The SMILES string of the molecule is Cc1cc(C)c(C(O)c2ccc(Br)s2)c(C)c1. The number of rotatable bonds is 2. The van der Waals surface area contributed by atoms with Gasteiger partial charge in [-0.15, -0.1) is 11.3 Å². The van der Waals surface area contributed by atoms with Crippen LogP contribution in [0.2, 0.25) is 0 Å². The molecule has 1 aromatic carbocycles. The van der Waals surface area contributed by atoms with Gasteiger partial charge in [-0.2, -0.15) is 0 Å². The minimum Gasteiger partial charge on any atom is -0.383 e. The van der Waals surface area contributed by atoms with Crippen molar-refractivity contribution in [3.8, 4) is 0 Å². The van der Waals surface area contributed by atoms with Gasteiger partial charge >= 0.3 is 0 Å². The van der Waals surface area contributed by atoms with E-state index in [1.807, 2.05) is 12.1 Å². The average Bonchev–Trinajstić information content (AvgIpc) is 2.63. The molecule has 2 rings (SSSR count). The molecule has 3 heteroatoms. The van der Waals surface area contributed by atoms with Crippen molar-refractivity contribution >= 4 is 27.3 Å². The van der Waals surface area contributed by atoms with Gasteiger partial charge < -0.3 is 5.11 Å². The number of hydrogen-bond donors (Lipinski definition) is 1. The number of halogens is 1. The second-order valence-corrected chi connectivity index (χ2v) is 6.85. The maximum absolute atomic E-state index is 10.4. The van der Waals surface area contributed by atoms with Crippen LogP contribution in [0.4, 0.5) is 0 Å². The molecule has 1 nitrogen and oxygen atoms in total. The second-order valence-electron chi connectivity index (χ2n) is 4.36. The summed E-state index contributed by atoms with van der Waals surface area (Å²) in [5.41, 5.74) is 4.58. The Hall–Kier alpha value is -0.640. The summed E-state index contributed by atoms with van der Waals surface area (Å²) in [7, 11) is 0. The molecule has 1 atom stereocenters. The lowest BCUT2D eigenvalue weighted by Gasteiger charge is -2.16. The molecular weight excluding hydrogens is 296 g/mol. The molecule has 1 heterocycles. The van der Waals surface area contributed by atoms with Gasteiger partial charge in [0.15, 0.2) is 0 Å². The number of aliphatic hydroxyl groups is 1. The van der Waals surface area contributed by atoms with Crippen LogP contribution in [0.15, 0.2) is 28.1 Å². The van der Waals surface area contributed by atoms with Gasteiger partial charge in [-0.05, 0) is 65.5 Å². The Bertz CT molecular complexity index is 522. The minimum atomic E-state index is -0.521. The standard InChI is InChI=1S/C14H15BrOS/c1-8-6-9(2)13(10(3)7-8)14(16)11-4-5-12(15)17-11/h4-7,14,16H,1-3H3. The lowest BCUT2D eigenvalue weighted by Crippen LogP contribution is -2.03. The Morgan fingerprint density at radius 1 is 1.12 bits per heavy atom. The predicted molar refractivity (Wildman–Crippen MR) is 76.7 cm³/mol. The Balaban J connectivity index is 2.47. The van der Waals surface area contributed by atoms with Crippen molar-refractivity contribution in [1.82, 2.24) is 0 Å². The van der Waals surface area contributed by atoms with E-state index in [1.165, 1.54) is 5.56 Å². The monoisotopic (exact) mass is 310 g/mol.